The lowest BCUT2D eigenvalue weighted by atomic mass is 10.1. The molecule has 6 heteroatoms. The summed E-state index contributed by atoms with van der Waals surface area (Å²) in [6.07, 6.45) is 4.29. The van der Waals surface area contributed by atoms with Crippen LogP contribution >= 0.6 is 11.8 Å². The molecule has 2 aromatic heterocycles. The van der Waals surface area contributed by atoms with Crippen LogP contribution in [0, 0.1) is 0 Å². The second-order valence-electron chi connectivity index (χ2n) is 4.87. The van der Waals surface area contributed by atoms with Crippen LogP contribution in [0.5, 0.6) is 0 Å². The number of Topliss-reactive ketones (excluding diaryl/α,β-unsaturated/α-hetero) is 1. The Balaban J connectivity index is 1.62. The van der Waals surface area contributed by atoms with E-state index >= 15 is 0 Å². The summed E-state index contributed by atoms with van der Waals surface area (Å²) >= 11 is 1.24. The van der Waals surface area contributed by atoms with Crippen molar-refractivity contribution in [3.05, 3.63) is 59.9 Å². The molecule has 0 fully saturated rings. The Hall–Kier alpha value is -2.47. The van der Waals surface area contributed by atoms with Crippen molar-refractivity contribution in [3.63, 3.8) is 0 Å². The first-order valence-corrected chi connectivity index (χ1v) is 8.23. The molecule has 23 heavy (non-hydrogen) atoms. The Morgan fingerprint density at radius 3 is 2.52 bits per heavy atom. The molecule has 5 nitrogen and oxygen atoms in total. The summed E-state index contributed by atoms with van der Waals surface area (Å²) in [6, 6.07) is 11.3. The summed E-state index contributed by atoms with van der Waals surface area (Å²) in [7, 11) is 0. The molecule has 0 saturated heterocycles. The van der Waals surface area contributed by atoms with Crippen LogP contribution in [0.15, 0.2) is 58.4 Å². The Kier molecular flexibility index (Phi) is 4.83. The number of rotatable bonds is 6. The number of hydrogen-bond acceptors (Lipinski definition) is 6. The Bertz CT molecular complexity index is 785. The van der Waals surface area contributed by atoms with Crippen molar-refractivity contribution in [2.24, 2.45) is 0 Å². The van der Waals surface area contributed by atoms with Crippen LogP contribution in [-0.4, -0.2) is 26.7 Å². The van der Waals surface area contributed by atoms with Crippen LogP contribution in [0.4, 0.5) is 0 Å². The van der Waals surface area contributed by atoms with Crippen molar-refractivity contribution in [1.29, 1.82) is 0 Å². The van der Waals surface area contributed by atoms with Gasteiger partial charge in [-0.1, -0.05) is 43.0 Å². The van der Waals surface area contributed by atoms with Crippen LogP contribution in [-0.2, 0) is 6.42 Å². The van der Waals surface area contributed by atoms with Gasteiger partial charge in [-0.3, -0.25) is 9.78 Å². The number of hydrogen-bond donors (Lipinski definition) is 0. The third-order valence-electron chi connectivity index (χ3n) is 3.34. The van der Waals surface area contributed by atoms with Gasteiger partial charge in [0.25, 0.3) is 5.22 Å². The summed E-state index contributed by atoms with van der Waals surface area (Å²) < 4.78 is 5.55. The summed E-state index contributed by atoms with van der Waals surface area (Å²) in [4.78, 5) is 16.1. The van der Waals surface area contributed by atoms with Gasteiger partial charge < -0.3 is 4.42 Å². The maximum Gasteiger partial charge on any atom is 0.277 e. The Labute approximate surface area is 138 Å². The van der Waals surface area contributed by atoms with Crippen molar-refractivity contribution >= 4 is 17.5 Å². The molecule has 0 unspecified atom stereocenters. The highest BCUT2D eigenvalue weighted by Gasteiger charge is 2.12. The third-order valence-corrected chi connectivity index (χ3v) is 4.16. The predicted molar refractivity (Wildman–Crippen MR) is 88.4 cm³/mol. The fourth-order valence-electron chi connectivity index (χ4n) is 2.02. The van der Waals surface area contributed by atoms with Crippen molar-refractivity contribution in [2.45, 2.75) is 18.6 Å². The number of benzene rings is 1. The van der Waals surface area contributed by atoms with Gasteiger partial charge in [-0.05, 0) is 24.1 Å². The van der Waals surface area contributed by atoms with Gasteiger partial charge in [0.1, 0.15) is 0 Å². The van der Waals surface area contributed by atoms with Gasteiger partial charge in [-0.2, -0.15) is 0 Å². The molecule has 0 N–H and O–H groups in total. The molecule has 0 spiro atoms. The molecule has 0 saturated carbocycles. The number of aryl methyl sites for hydroxylation is 1. The number of thioether (sulfide) groups is 1. The van der Waals surface area contributed by atoms with Gasteiger partial charge in [-0.15, -0.1) is 10.2 Å². The number of aromatic nitrogens is 3. The van der Waals surface area contributed by atoms with E-state index in [0.29, 0.717) is 16.7 Å². The minimum Gasteiger partial charge on any atom is -0.411 e. The summed E-state index contributed by atoms with van der Waals surface area (Å²) in [5.74, 6) is 0.736. The van der Waals surface area contributed by atoms with Crippen LogP contribution in [0.3, 0.4) is 0 Å². The van der Waals surface area contributed by atoms with E-state index in [1.807, 2.05) is 24.3 Å². The molecular weight excluding hydrogens is 310 g/mol. The van der Waals surface area contributed by atoms with Crippen LogP contribution in [0.1, 0.15) is 22.8 Å². The third kappa shape index (κ3) is 3.84. The maximum absolute atomic E-state index is 12.2. The van der Waals surface area contributed by atoms with Crippen LogP contribution < -0.4 is 0 Å². The van der Waals surface area contributed by atoms with Crippen molar-refractivity contribution in [3.8, 4) is 11.5 Å². The first kappa shape index (κ1) is 15.4. The molecule has 116 valence electrons. The fourth-order valence-corrected chi connectivity index (χ4v) is 2.67. The minimum atomic E-state index is 0.0429. The van der Waals surface area contributed by atoms with Gasteiger partial charge in [0.2, 0.25) is 5.89 Å². The largest absolute Gasteiger partial charge is 0.411 e. The highest BCUT2D eigenvalue weighted by Crippen LogP contribution is 2.23. The van der Waals surface area contributed by atoms with Gasteiger partial charge in [0, 0.05) is 23.5 Å². The Morgan fingerprint density at radius 1 is 1.09 bits per heavy atom. The standard InChI is InChI=1S/C17H15N3O2S/c1-2-12-3-5-13(6-4-12)15(21)11-23-17-20-19-16(22-17)14-7-9-18-10-8-14/h3-10H,2,11H2,1H3. The van der Waals surface area contributed by atoms with E-state index in [2.05, 4.69) is 22.1 Å². The van der Waals surface area contributed by atoms with Crippen LogP contribution in [0.25, 0.3) is 11.5 Å². The normalized spacial score (nSPS) is 10.7. The smallest absolute Gasteiger partial charge is 0.277 e. The molecule has 0 atom stereocenters. The number of nitrogens with zero attached hydrogens (tertiary/aromatic N) is 3. The highest BCUT2D eigenvalue weighted by atomic mass is 32.2. The zero-order valence-electron chi connectivity index (χ0n) is 12.6. The van der Waals surface area contributed by atoms with Crippen molar-refractivity contribution < 1.29 is 9.21 Å². The molecule has 0 amide bonds. The maximum atomic E-state index is 12.2. The number of pyridine rings is 1. The average Bonchev–Trinajstić information content (AvgIpc) is 3.09. The van der Waals surface area contributed by atoms with Gasteiger partial charge >= 0.3 is 0 Å². The molecule has 2 heterocycles. The lowest BCUT2D eigenvalue weighted by Crippen LogP contribution is -2.02. The lowest BCUT2D eigenvalue weighted by Gasteiger charge is -2.00. The van der Waals surface area contributed by atoms with Gasteiger partial charge in [0.15, 0.2) is 5.78 Å². The highest BCUT2D eigenvalue weighted by molar-refractivity contribution is 7.99. The topological polar surface area (TPSA) is 68.9 Å². The molecule has 0 aliphatic rings. The number of carbonyl (C=O) groups excluding carboxylic acids is 1. The Morgan fingerprint density at radius 2 is 1.83 bits per heavy atom. The summed E-state index contributed by atoms with van der Waals surface area (Å²) in [6.45, 7) is 2.09. The number of carbonyl (C=O) groups is 1. The summed E-state index contributed by atoms with van der Waals surface area (Å²) in [5.41, 5.74) is 2.72. The molecule has 0 aliphatic heterocycles. The van der Waals surface area contributed by atoms with E-state index in [1.165, 1.54) is 17.3 Å². The zero-order chi connectivity index (χ0) is 16.1. The van der Waals surface area contributed by atoms with E-state index in [9.17, 15) is 4.79 Å². The van der Waals surface area contributed by atoms with E-state index in [0.717, 1.165) is 12.0 Å². The molecule has 3 rings (SSSR count). The first-order chi connectivity index (χ1) is 11.3. The fraction of sp³-hybridized carbons (Fsp3) is 0.176. The molecule has 1 aromatic carbocycles. The molecule has 0 aliphatic carbocycles. The average molecular weight is 325 g/mol. The molecule has 0 radical (unpaired) electrons. The second-order valence-corrected chi connectivity index (χ2v) is 5.80. The van der Waals surface area contributed by atoms with Gasteiger partial charge in [0.05, 0.1) is 5.75 Å². The van der Waals surface area contributed by atoms with Crippen molar-refractivity contribution in [2.75, 3.05) is 5.75 Å². The molecule has 3 aromatic rings. The zero-order valence-corrected chi connectivity index (χ0v) is 13.4. The number of ketones is 1. The van der Waals surface area contributed by atoms with E-state index in [-0.39, 0.29) is 11.5 Å². The monoisotopic (exact) mass is 325 g/mol. The lowest BCUT2D eigenvalue weighted by molar-refractivity contribution is 0.102. The SMILES string of the molecule is CCc1ccc(C(=O)CSc2nnc(-c3ccncc3)o2)cc1. The van der Waals surface area contributed by atoms with Crippen molar-refractivity contribution in [1.82, 2.24) is 15.2 Å². The van der Waals surface area contributed by atoms with E-state index in [1.54, 1.807) is 24.5 Å². The first-order valence-electron chi connectivity index (χ1n) is 7.25. The summed E-state index contributed by atoms with van der Waals surface area (Å²) in [5, 5.41) is 8.33. The van der Waals surface area contributed by atoms with E-state index in [4.69, 9.17) is 4.42 Å². The second kappa shape index (κ2) is 7.19. The molecular formula is C17H15N3O2S. The quantitative estimate of drug-likeness (QED) is 0.509. The molecule has 0 bridgehead atoms. The minimum absolute atomic E-state index is 0.0429. The van der Waals surface area contributed by atoms with Gasteiger partial charge in [-0.25, -0.2) is 0 Å². The van der Waals surface area contributed by atoms with E-state index < -0.39 is 0 Å². The van der Waals surface area contributed by atoms with Crippen LogP contribution in [0.2, 0.25) is 0 Å². The predicted octanol–water partition coefficient (Wildman–Crippen LogP) is 3.67.